The molecule has 5 rings (SSSR count). The fourth-order valence-electron chi connectivity index (χ4n) is 4.67. The lowest BCUT2D eigenvalue weighted by molar-refractivity contribution is -0.136. The predicted molar refractivity (Wildman–Crippen MR) is 151 cm³/mol. The van der Waals surface area contributed by atoms with E-state index >= 15 is 0 Å². The van der Waals surface area contributed by atoms with Gasteiger partial charge in [-0.3, -0.25) is 9.36 Å². The minimum absolute atomic E-state index is 0.227. The molecular weight excluding hydrogens is 512 g/mol. The topological polar surface area (TPSA) is 79.1 Å². The van der Waals surface area contributed by atoms with Crippen molar-refractivity contribution in [2.75, 3.05) is 14.2 Å². The van der Waals surface area contributed by atoms with E-state index in [1.807, 2.05) is 85.8 Å². The number of nitrogens with zero attached hydrogens (tertiary/aromatic N) is 2. The number of benzene rings is 3. The number of thiazole rings is 1. The number of aryl methyl sites for hydroxylation is 1. The maximum atomic E-state index is 13.8. The minimum atomic E-state index is -0.633. The summed E-state index contributed by atoms with van der Waals surface area (Å²) in [6.07, 6.45) is 1.83. The van der Waals surface area contributed by atoms with E-state index in [1.165, 1.54) is 18.4 Å². The van der Waals surface area contributed by atoms with Gasteiger partial charge in [-0.25, -0.2) is 9.79 Å². The molecule has 39 heavy (non-hydrogen) atoms. The Labute approximate surface area is 229 Å². The molecule has 0 radical (unpaired) electrons. The standard InChI is InChI=1S/C31H28N2O5S/c1-19-10-8-9-13-24(19)38-18-23-16-21(14-15-25(23)36-3)17-26-29(34)33-28(22-11-6-5-7-12-22)27(30(35)37-4)20(2)32-31(33)39-26/h5-17,28H,18H2,1-4H3/b26-17+/t28-/m1/s1. The molecule has 0 spiro atoms. The Kier molecular flexibility index (Phi) is 7.47. The zero-order chi connectivity index (χ0) is 27.5. The van der Waals surface area contributed by atoms with Gasteiger partial charge in [0.25, 0.3) is 5.56 Å². The van der Waals surface area contributed by atoms with Crippen LogP contribution < -0.4 is 24.4 Å². The Balaban J connectivity index is 1.58. The molecule has 3 aromatic carbocycles. The van der Waals surface area contributed by atoms with Gasteiger partial charge in [0.1, 0.15) is 18.1 Å². The number of para-hydroxylation sites is 1. The number of fused-ring (bicyclic) bond motifs is 1. The number of carbonyl (C=O) groups excluding carboxylic acids is 1. The molecule has 0 aliphatic carbocycles. The van der Waals surface area contributed by atoms with Crippen LogP contribution in [0, 0.1) is 6.92 Å². The van der Waals surface area contributed by atoms with E-state index in [-0.39, 0.29) is 5.56 Å². The smallest absolute Gasteiger partial charge is 0.338 e. The lowest BCUT2D eigenvalue weighted by Crippen LogP contribution is -2.39. The highest BCUT2D eigenvalue weighted by molar-refractivity contribution is 7.07. The first-order valence-corrected chi connectivity index (χ1v) is 13.2. The van der Waals surface area contributed by atoms with E-state index in [2.05, 4.69) is 4.99 Å². The first kappa shape index (κ1) is 26.2. The van der Waals surface area contributed by atoms with Crippen molar-refractivity contribution in [1.29, 1.82) is 0 Å². The monoisotopic (exact) mass is 540 g/mol. The highest BCUT2D eigenvalue weighted by atomic mass is 32.1. The van der Waals surface area contributed by atoms with Crippen LogP contribution in [0.5, 0.6) is 11.5 Å². The van der Waals surface area contributed by atoms with Crippen LogP contribution in [0.25, 0.3) is 6.08 Å². The predicted octanol–water partition coefficient (Wildman–Crippen LogP) is 4.30. The van der Waals surface area contributed by atoms with Crippen LogP contribution in [0.3, 0.4) is 0 Å². The Bertz CT molecular complexity index is 1750. The third-order valence-electron chi connectivity index (χ3n) is 6.62. The van der Waals surface area contributed by atoms with Gasteiger partial charge in [0, 0.05) is 5.56 Å². The molecule has 0 bridgehead atoms. The molecule has 1 aliphatic rings. The summed E-state index contributed by atoms with van der Waals surface area (Å²) >= 11 is 1.29. The lowest BCUT2D eigenvalue weighted by atomic mass is 9.96. The fraction of sp³-hybridized carbons (Fsp3) is 0.194. The maximum Gasteiger partial charge on any atom is 0.338 e. The van der Waals surface area contributed by atoms with Crippen molar-refractivity contribution in [3.8, 4) is 11.5 Å². The highest BCUT2D eigenvalue weighted by Crippen LogP contribution is 2.30. The average Bonchev–Trinajstić information content (AvgIpc) is 3.25. The van der Waals surface area contributed by atoms with Crippen molar-refractivity contribution >= 4 is 23.4 Å². The number of esters is 1. The molecule has 198 valence electrons. The Morgan fingerprint density at radius 2 is 1.74 bits per heavy atom. The van der Waals surface area contributed by atoms with E-state index < -0.39 is 12.0 Å². The van der Waals surface area contributed by atoms with Gasteiger partial charge in [0.2, 0.25) is 0 Å². The fourth-order valence-corrected chi connectivity index (χ4v) is 5.72. The molecule has 0 amide bonds. The van der Waals surface area contributed by atoms with Crippen molar-refractivity contribution in [2.45, 2.75) is 26.5 Å². The van der Waals surface area contributed by atoms with E-state index in [0.29, 0.717) is 33.0 Å². The van der Waals surface area contributed by atoms with Crippen molar-refractivity contribution in [3.63, 3.8) is 0 Å². The molecule has 0 N–H and O–H groups in total. The second kappa shape index (κ2) is 11.1. The maximum absolute atomic E-state index is 13.8. The van der Waals surface area contributed by atoms with Gasteiger partial charge >= 0.3 is 5.97 Å². The summed E-state index contributed by atoms with van der Waals surface area (Å²) in [5, 5.41) is 0. The summed E-state index contributed by atoms with van der Waals surface area (Å²) in [5.74, 6) is 0.994. The second-order valence-electron chi connectivity index (χ2n) is 9.11. The van der Waals surface area contributed by atoms with E-state index in [0.717, 1.165) is 28.0 Å². The summed E-state index contributed by atoms with van der Waals surface area (Å²) < 4.78 is 18.8. The van der Waals surface area contributed by atoms with Crippen molar-refractivity contribution in [1.82, 2.24) is 4.57 Å². The molecule has 1 aromatic heterocycles. The van der Waals surface area contributed by atoms with Crippen molar-refractivity contribution in [2.24, 2.45) is 4.99 Å². The molecule has 4 aromatic rings. The zero-order valence-corrected chi connectivity index (χ0v) is 23.0. The lowest BCUT2D eigenvalue weighted by Gasteiger charge is -2.24. The first-order valence-electron chi connectivity index (χ1n) is 12.4. The van der Waals surface area contributed by atoms with Gasteiger partial charge < -0.3 is 14.2 Å². The van der Waals surface area contributed by atoms with Crippen LogP contribution in [0.15, 0.2) is 93.9 Å². The summed E-state index contributed by atoms with van der Waals surface area (Å²) in [6, 6.07) is 22.4. The molecule has 2 heterocycles. The molecule has 0 fully saturated rings. The summed E-state index contributed by atoms with van der Waals surface area (Å²) in [4.78, 5) is 31.7. The average molecular weight is 541 g/mol. The van der Waals surface area contributed by atoms with Gasteiger partial charge in [0.15, 0.2) is 4.80 Å². The number of ether oxygens (including phenoxy) is 3. The third kappa shape index (κ3) is 5.15. The van der Waals surface area contributed by atoms with Crippen LogP contribution in [0.1, 0.15) is 35.2 Å². The van der Waals surface area contributed by atoms with Crippen LogP contribution in [0.2, 0.25) is 0 Å². The van der Waals surface area contributed by atoms with Gasteiger partial charge in [-0.15, -0.1) is 0 Å². The van der Waals surface area contributed by atoms with Crippen LogP contribution in [0.4, 0.5) is 0 Å². The molecule has 0 unspecified atom stereocenters. The van der Waals surface area contributed by atoms with E-state index in [1.54, 1.807) is 18.6 Å². The number of hydrogen-bond acceptors (Lipinski definition) is 7. The molecule has 0 saturated carbocycles. The Morgan fingerprint density at radius 1 is 1.00 bits per heavy atom. The Hall–Kier alpha value is -4.43. The number of aromatic nitrogens is 1. The quantitative estimate of drug-likeness (QED) is 0.327. The Morgan fingerprint density at radius 3 is 2.46 bits per heavy atom. The number of allylic oxidation sites excluding steroid dienone is 1. The summed E-state index contributed by atoms with van der Waals surface area (Å²) in [5.41, 5.74) is 4.18. The largest absolute Gasteiger partial charge is 0.496 e. The number of rotatable bonds is 7. The molecule has 7 nitrogen and oxygen atoms in total. The van der Waals surface area contributed by atoms with E-state index in [9.17, 15) is 9.59 Å². The van der Waals surface area contributed by atoms with Gasteiger partial charge in [-0.1, -0.05) is 65.9 Å². The third-order valence-corrected chi connectivity index (χ3v) is 7.60. The SMILES string of the molecule is COC(=O)C1=C(C)N=c2s/c(=C/c3ccc(OC)c(COc4ccccc4C)c3)c(=O)n2[C@@H]1c1ccccc1. The molecule has 0 saturated heterocycles. The molecule has 1 atom stereocenters. The van der Waals surface area contributed by atoms with Gasteiger partial charge in [-0.2, -0.15) is 0 Å². The van der Waals surface area contributed by atoms with Crippen LogP contribution >= 0.6 is 11.3 Å². The highest BCUT2D eigenvalue weighted by Gasteiger charge is 2.32. The summed E-state index contributed by atoms with van der Waals surface area (Å²) in [7, 11) is 2.95. The number of hydrogen-bond donors (Lipinski definition) is 0. The van der Waals surface area contributed by atoms with Crippen molar-refractivity contribution in [3.05, 3.63) is 126 Å². The molecule has 8 heteroatoms. The number of carbonyl (C=O) groups is 1. The van der Waals surface area contributed by atoms with Gasteiger partial charge in [0.05, 0.1) is 36.1 Å². The second-order valence-corrected chi connectivity index (χ2v) is 10.1. The zero-order valence-electron chi connectivity index (χ0n) is 22.1. The van der Waals surface area contributed by atoms with Gasteiger partial charge in [-0.05, 0) is 54.8 Å². The van der Waals surface area contributed by atoms with Crippen molar-refractivity contribution < 1.29 is 19.0 Å². The molecule has 1 aliphatic heterocycles. The summed E-state index contributed by atoms with van der Waals surface area (Å²) in [6.45, 7) is 4.08. The van der Waals surface area contributed by atoms with Crippen LogP contribution in [-0.2, 0) is 16.1 Å². The first-order chi connectivity index (χ1) is 18.9. The normalized spacial score (nSPS) is 15.0. The molecular formula is C31H28N2O5S. The van der Waals surface area contributed by atoms with Crippen LogP contribution in [-0.4, -0.2) is 24.8 Å². The number of methoxy groups -OCH3 is 2. The minimum Gasteiger partial charge on any atom is -0.496 e. The van der Waals surface area contributed by atoms with E-state index in [4.69, 9.17) is 14.2 Å².